The monoisotopic (exact) mass is 504 g/mol. The minimum absolute atomic E-state index is 0.199. The third kappa shape index (κ3) is 4.49. The van der Waals surface area contributed by atoms with Crippen LogP contribution in [0.15, 0.2) is 72.1 Å². The lowest BCUT2D eigenvalue weighted by Crippen LogP contribution is -2.63. The number of hydrogen-bond acceptors (Lipinski definition) is 5. The third-order valence-electron chi connectivity index (χ3n) is 6.43. The summed E-state index contributed by atoms with van der Waals surface area (Å²) in [6.07, 6.45) is 0. The van der Waals surface area contributed by atoms with Crippen molar-refractivity contribution in [2.75, 3.05) is 7.11 Å². The van der Waals surface area contributed by atoms with E-state index in [1.807, 2.05) is 41.8 Å². The SMILES string of the molecule is COc1ccc(CN2C(=O)c3cc(-c4cccs4)nn3CC2(C)C(=O)NCc2ccc(F)cc2)cc1. The standard InChI is InChI=1S/C27H25FN4O3S/c1-27(26(34)29-15-18-5-9-20(28)10-6-18)17-32-23(14-22(30-32)24-4-3-13-36-24)25(33)31(27)16-19-7-11-21(35-2)12-8-19/h3-14H,15-17H2,1-2H3,(H,29,34). The average molecular weight is 505 g/mol. The van der Waals surface area contributed by atoms with Gasteiger partial charge in [0.25, 0.3) is 5.91 Å². The van der Waals surface area contributed by atoms with E-state index in [9.17, 15) is 14.0 Å². The van der Waals surface area contributed by atoms with E-state index >= 15 is 0 Å². The Morgan fingerprint density at radius 1 is 1.14 bits per heavy atom. The van der Waals surface area contributed by atoms with Gasteiger partial charge in [0, 0.05) is 13.1 Å². The first-order valence-electron chi connectivity index (χ1n) is 11.5. The maximum Gasteiger partial charge on any atom is 0.273 e. The molecule has 0 saturated carbocycles. The molecule has 1 aliphatic rings. The highest BCUT2D eigenvalue weighted by molar-refractivity contribution is 7.13. The average Bonchev–Trinajstić information content (AvgIpc) is 3.57. The smallest absolute Gasteiger partial charge is 0.273 e. The summed E-state index contributed by atoms with van der Waals surface area (Å²) in [6.45, 7) is 2.41. The van der Waals surface area contributed by atoms with E-state index in [0.717, 1.165) is 16.0 Å². The number of nitrogens with zero attached hydrogens (tertiary/aromatic N) is 3. The molecule has 184 valence electrons. The summed E-state index contributed by atoms with van der Waals surface area (Å²) in [7, 11) is 1.60. The van der Waals surface area contributed by atoms with E-state index < -0.39 is 5.54 Å². The summed E-state index contributed by atoms with van der Waals surface area (Å²) in [5.74, 6) is -0.213. The second-order valence-electron chi connectivity index (χ2n) is 8.87. The third-order valence-corrected chi connectivity index (χ3v) is 7.32. The molecule has 9 heteroatoms. The van der Waals surface area contributed by atoms with Gasteiger partial charge in [-0.15, -0.1) is 11.3 Å². The van der Waals surface area contributed by atoms with Crippen LogP contribution in [0.5, 0.6) is 5.75 Å². The van der Waals surface area contributed by atoms with Crippen LogP contribution in [-0.4, -0.2) is 39.1 Å². The van der Waals surface area contributed by atoms with Gasteiger partial charge in [0.1, 0.15) is 28.5 Å². The highest BCUT2D eigenvalue weighted by Crippen LogP contribution is 2.33. The molecule has 0 spiro atoms. The lowest BCUT2D eigenvalue weighted by atomic mass is 9.94. The van der Waals surface area contributed by atoms with Crippen molar-refractivity contribution in [1.82, 2.24) is 20.0 Å². The Labute approximate surface area is 212 Å². The molecule has 4 aromatic rings. The summed E-state index contributed by atoms with van der Waals surface area (Å²) in [5, 5.41) is 9.55. The topological polar surface area (TPSA) is 76.5 Å². The summed E-state index contributed by atoms with van der Waals surface area (Å²) in [5.41, 5.74) is 1.57. The molecule has 7 nitrogen and oxygen atoms in total. The first-order valence-corrected chi connectivity index (χ1v) is 12.3. The van der Waals surface area contributed by atoms with E-state index in [-0.39, 0.29) is 37.3 Å². The molecule has 2 aromatic carbocycles. The fourth-order valence-electron chi connectivity index (χ4n) is 4.32. The Hall–Kier alpha value is -3.98. The number of halogens is 1. The molecule has 1 N–H and O–H groups in total. The molecule has 0 saturated heterocycles. The number of amides is 2. The van der Waals surface area contributed by atoms with Crippen LogP contribution in [0.2, 0.25) is 0 Å². The molecule has 1 unspecified atom stereocenters. The number of hydrogen-bond donors (Lipinski definition) is 1. The summed E-state index contributed by atoms with van der Waals surface area (Å²) in [4.78, 5) is 29.9. The number of carbonyl (C=O) groups excluding carboxylic acids is 2. The number of ether oxygens (including phenoxy) is 1. The molecular weight excluding hydrogens is 479 g/mol. The molecule has 5 rings (SSSR count). The molecule has 0 aliphatic carbocycles. The lowest BCUT2D eigenvalue weighted by Gasteiger charge is -2.43. The number of benzene rings is 2. The van der Waals surface area contributed by atoms with Crippen molar-refractivity contribution < 1.29 is 18.7 Å². The van der Waals surface area contributed by atoms with Crippen LogP contribution in [0, 0.1) is 5.82 Å². The van der Waals surface area contributed by atoms with Gasteiger partial charge in [0.2, 0.25) is 5.91 Å². The Balaban J connectivity index is 1.47. The van der Waals surface area contributed by atoms with Crippen LogP contribution < -0.4 is 10.1 Å². The van der Waals surface area contributed by atoms with Crippen molar-refractivity contribution >= 4 is 23.2 Å². The van der Waals surface area contributed by atoms with Crippen molar-refractivity contribution in [2.45, 2.75) is 32.1 Å². The number of nitrogens with one attached hydrogen (secondary N) is 1. The highest BCUT2D eigenvalue weighted by atomic mass is 32.1. The van der Waals surface area contributed by atoms with E-state index in [1.165, 1.54) is 12.1 Å². The predicted octanol–water partition coefficient (Wildman–Crippen LogP) is 4.49. The fraction of sp³-hybridized carbons (Fsp3) is 0.222. The van der Waals surface area contributed by atoms with Gasteiger partial charge in [-0.2, -0.15) is 5.10 Å². The maximum absolute atomic E-state index is 13.8. The molecule has 2 amide bonds. The molecule has 0 bridgehead atoms. The van der Waals surface area contributed by atoms with Gasteiger partial charge < -0.3 is 15.0 Å². The second kappa shape index (κ2) is 9.58. The largest absolute Gasteiger partial charge is 0.497 e. The van der Waals surface area contributed by atoms with Crippen LogP contribution in [-0.2, 0) is 24.4 Å². The summed E-state index contributed by atoms with van der Waals surface area (Å²) in [6, 6.07) is 19.0. The van der Waals surface area contributed by atoms with Gasteiger partial charge in [-0.1, -0.05) is 30.3 Å². The van der Waals surface area contributed by atoms with E-state index in [2.05, 4.69) is 10.4 Å². The van der Waals surface area contributed by atoms with E-state index in [4.69, 9.17) is 4.74 Å². The number of aromatic nitrogens is 2. The van der Waals surface area contributed by atoms with Gasteiger partial charge in [-0.25, -0.2) is 4.39 Å². The van der Waals surface area contributed by atoms with E-state index in [0.29, 0.717) is 17.1 Å². The maximum atomic E-state index is 13.8. The Kier molecular flexibility index (Phi) is 6.32. The van der Waals surface area contributed by atoms with Crippen LogP contribution in [0.3, 0.4) is 0 Å². The predicted molar refractivity (Wildman–Crippen MR) is 135 cm³/mol. The number of rotatable bonds is 7. The van der Waals surface area contributed by atoms with Gasteiger partial charge in [-0.05, 0) is 59.8 Å². The number of thiophene rings is 1. The Bertz CT molecular complexity index is 1380. The van der Waals surface area contributed by atoms with Crippen molar-refractivity contribution in [2.24, 2.45) is 0 Å². The highest BCUT2D eigenvalue weighted by Gasteiger charge is 2.48. The number of carbonyl (C=O) groups is 2. The first-order chi connectivity index (χ1) is 17.4. The van der Waals surface area contributed by atoms with Gasteiger partial charge in [0.05, 0.1) is 18.5 Å². The molecule has 0 fully saturated rings. The Morgan fingerprint density at radius 2 is 1.86 bits per heavy atom. The zero-order chi connectivity index (χ0) is 25.3. The summed E-state index contributed by atoms with van der Waals surface area (Å²) >= 11 is 1.54. The fourth-order valence-corrected chi connectivity index (χ4v) is 5.00. The van der Waals surface area contributed by atoms with Crippen LogP contribution in [0.1, 0.15) is 28.5 Å². The lowest BCUT2D eigenvalue weighted by molar-refractivity contribution is -0.133. The van der Waals surface area contributed by atoms with Crippen molar-refractivity contribution in [3.63, 3.8) is 0 Å². The van der Waals surface area contributed by atoms with Crippen molar-refractivity contribution in [3.05, 3.63) is 94.7 Å². The van der Waals surface area contributed by atoms with Gasteiger partial charge >= 0.3 is 0 Å². The molecule has 3 heterocycles. The molecule has 1 aliphatic heterocycles. The number of fused-ring (bicyclic) bond motifs is 1. The van der Waals surface area contributed by atoms with Crippen LogP contribution >= 0.6 is 11.3 Å². The van der Waals surface area contributed by atoms with Crippen molar-refractivity contribution in [3.8, 4) is 16.3 Å². The number of methoxy groups -OCH3 is 1. The molecule has 2 aromatic heterocycles. The van der Waals surface area contributed by atoms with Crippen LogP contribution in [0.25, 0.3) is 10.6 Å². The molecule has 1 atom stereocenters. The van der Waals surface area contributed by atoms with Crippen molar-refractivity contribution in [1.29, 1.82) is 0 Å². The van der Waals surface area contributed by atoms with Crippen LogP contribution in [0.4, 0.5) is 4.39 Å². The first kappa shape index (κ1) is 23.7. The minimum Gasteiger partial charge on any atom is -0.497 e. The normalized spacial score (nSPS) is 17.1. The van der Waals surface area contributed by atoms with Gasteiger partial charge in [-0.3, -0.25) is 14.3 Å². The zero-order valence-electron chi connectivity index (χ0n) is 19.9. The molecule has 0 radical (unpaired) electrons. The molecule has 36 heavy (non-hydrogen) atoms. The quantitative estimate of drug-likeness (QED) is 0.402. The molecular formula is C27H25FN4O3S. The summed E-state index contributed by atoms with van der Waals surface area (Å²) < 4.78 is 20.2. The van der Waals surface area contributed by atoms with Gasteiger partial charge in [0.15, 0.2) is 0 Å². The zero-order valence-corrected chi connectivity index (χ0v) is 20.7. The Morgan fingerprint density at radius 3 is 2.53 bits per heavy atom. The minimum atomic E-state index is -1.21. The van der Waals surface area contributed by atoms with E-state index in [1.54, 1.807) is 53.2 Å². The second-order valence-corrected chi connectivity index (χ2v) is 9.82.